The fourth-order valence-electron chi connectivity index (χ4n) is 4.73. The van der Waals surface area contributed by atoms with E-state index in [-0.39, 0.29) is 19.6 Å². The second-order valence-electron chi connectivity index (χ2n) is 8.95. The Morgan fingerprint density at radius 1 is 1.11 bits per heavy atom. The third-order valence-electron chi connectivity index (χ3n) is 6.60. The molecule has 0 saturated carbocycles. The number of fused-ring (bicyclic) bond motifs is 2. The molecule has 0 amide bonds. The summed E-state index contributed by atoms with van der Waals surface area (Å²) >= 11 is 0. The lowest BCUT2D eigenvalue weighted by molar-refractivity contribution is -0.0492. The van der Waals surface area contributed by atoms with Crippen molar-refractivity contribution >= 4 is 21.6 Å². The number of sulfonamides is 1. The summed E-state index contributed by atoms with van der Waals surface area (Å²) in [6.45, 7) is 1.41. The number of aryl methyl sites for hydroxylation is 2. The van der Waals surface area contributed by atoms with Crippen LogP contribution in [-0.2, 0) is 29.5 Å². The lowest BCUT2D eigenvalue weighted by Gasteiger charge is -2.34. The number of rotatable bonds is 6. The molecule has 3 heterocycles. The summed E-state index contributed by atoms with van der Waals surface area (Å²) in [5.41, 5.74) is -1.71. The Labute approximate surface area is 206 Å². The molecule has 36 heavy (non-hydrogen) atoms. The average Bonchev–Trinajstić information content (AvgIpc) is 3.38. The van der Waals surface area contributed by atoms with Crippen molar-refractivity contribution in [3.05, 3.63) is 89.6 Å². The van der Waals surface area contributed by atoms with Crippen molar-refractivity contribution in [2.24, 2.45) is 0 Å². The van der Waals surface area contributed by atoms with E-state index in [4.69, 9.17) is 4.42 Å². The first-order valence-corrected chi connectivity index (χ1v) is 12.9. The predicted molar refractivity (Wildman–Crippen MR) is 129 cm³/mol. The SMILES string of the molecule is Cc1cccc2c1CN(S(=O)(=O)C(F)(F)F)C[C@H](CCc1ccccc1)N2Cc1cn2ccoc2n1. The maximum Gasteiger partial charge on any atom is 0.511 e. The first kappa shape index (κ1) is 24.4. The van der Waals surface area contributed by atoms with Gasteiger partial charge in [-0.05, 0) is 42.5 Å². The van der Waals surface area contributed by atoms with Crippen LogP contribution in [0.4, 0.5) is 18.9 Å². The van der Waals surface area contributed by atoms with E-state index in [2.05, 4.69) is 4.98 Å². The van der Waals surface area contributed by atoms with Crippen LogP contribution in [0.15, 0.2) is 71.6 Å². The Bertz CT molecular complexity index is 1440. The summed E-state index contributed by atoms with van der Waals surface area (Å²) in [6.07, 6.45) is 6.06. The molecule has 1 aliphatic rings. The second-order valence-corrected chi connectivity index (χ2v) is 10.9. The van der Waals surface area contributed by atoms with Gasteiger partial charge in [-0.3, -0.25) is 4.40 Å². The van der Waals surface area contributed by atoms with Crippen LogP contribution in [0.3, 0.4) is 0 Å². The van der Waals surface area contributed by atoms with E-state index in [1.807, 2.05) is 47.4 Å². The van der Waals surface area contributed by atoms with E-state index in [1.54, 1.807) is 29.8 Å². The molecule has 0 aliphatic carbocycles. The highest BCUT2D eigenvalue weighted by molar-refractivity contribution is 7.89. The Kier molecular flexibility index (Phi) is 6.29. The van der Waals surface area contributed by atoms with Crippen LogP contribution in [0.5, 0.6) is 0 Å². The van der Waals surface area contributed by atoms with Gasteiger partial charge in [0.15, 0.2) is 0 Å². The van der Waals surface area contributed by atoms with Crippen LogP contribution in [0.2, 0.25) is 0 Å². The first-order chi connectivity index (χ1) is 17.1. The molecule has 1 aliphatic heterocycles. The number of imidazole rings is 1. The van der Waals surface area contributed by atoms with Gasteiger partial charge >= 0.3 is 21.4 Å². The van der Waals surface area contributed by atoms with Gasteiger partial charge in [-0.25, -0.2) is 8.42 Å². The standard InChI is InChI=1S/C25H25F3N4O3S/c1-18-6-5-9-23-22(18)17-31(36(33,34)25(26,27)28)16-21(11-10-19-7-3-2-4-8-19)32(23)15-20-14-30-12-13-35-24(30)29-20/h2-9,12-14,21H,10-11,15-17H2,1H3/t21-/m0/s1. The van der Waals surface area contributed by atoms with Crippen molar-refractivity contribution in [1.29, 1.82) is 0 Å². The minimum atomic E-state index is -5.53. The fourth-order valence-corrected chi connectivity index (χ4v) is 5.69. The summed E-state index contributed by atoms with van der Waals surface area (Å²) in [5.74, 6) is 0.409. The Hall–Kier alpha value is -3.31. The Balaban J connectivity index is 1.58. The summed E-state index contributed by atoms with van der Waals surface area (Å²) in [5, 5.41) is 0. The number of halogens is 3. The van der Waals surface area contributed by atoms with E-state index < -0.39 is 21.6 Å². The minimum Gasteiger partial charge on any atom is -0.432 e. The number of alkyl halides is 3. The molecular weight excluding hydrogens is 493 g/mol. The van der Waals surface area contributed by atoms with Crippen LogP contribution >= 0.6 is 0 Å². The summed E-state index contributed by atoms with van der Waals surface area (Å²) in [4.78, 5) is 6.48. The molecule has 2 aromatic heterocycles. The molecule has 0 radical (unpaired) electrons. The smallest absolute Gasteiger partial charge is 0.432 e. The fraction of sp³-hybridized carbons (Fsp3) is 0.320. The summed E-state index contributed by atoms with van der Waals surface area (Å²) in [6, 6.07) is 14.5. The van der Waals surface area contributed by atoms with E-state index in [0.29, 0.717) is 39.9 Å². The summed E-state index contributed by atoms with van der Waals surface area (Å²) in [7, 11) is -5.53. The number of anilines is 1. The van der Waals surface area contributed by atoms with Gasteiger partial charge in [0, 0.05) is 37.2 Å². The minimum absolute atomic E-state index is 0.285. The molecule has 7 nitrogen and oxygen atoms in total. The number of nitrogens with zero attached hydrogens (tertiary/aromatic N) is 4. The molecule has 5 rings (SSSR count). The van der Waals surface area contributed by atoms with Crippen molar-refractivity contribution in [3.8, 4) is 0 Å². The van der Waals surface area contributed by atoms with Gasteiger partial charge in [0.2, 0.25) is 0 Å². The van der Waals surface area contributed by atoms with Gasteiger partial charge in [0.05, 0.1) is 12.2 Å². The highest BCUT2D eigenvalue weighted by Crippen LogP contribution is 2.37. The average molecular weight is 519 g/mol. The highest BCUT2D eigenvalue weighted by atomic mass is 32.2. The molecule has 0 fully saturated rings. The van der Waals surface area contributed by atoms with Gasteiger partial charge in [0.1, 0.15) is 6.26 Å². The van der Waals surface area contributed by atoms with Gasteiger partial charge in [-0.15, -0.1) is 0 Å². The van der Waals surface area contributed by atoms with Crippen LogP contribution in [0.1, 0.15) is 28.8 Å². The van der Waals surface area contributed by atoms with Crippen LogP contribution < -0.4 is 4.90 Å². The third kappa shape index (κ3) is 4.60. The third-order valence-corrected chi connectivity index (χ3v) is 8.14. The molecule has 0 unspecified atom stereocenters. The lowest BCUT2D eigenvalue weighted by atomic mass is 10.0. The zero-order valence-electron chi connectivity index (χ0n) is 19.5. The number of benzene rings is 2. The van der Waals surface area contributed by atoms with Crippen molar-refractivity contribution in [2.45, 2.75) is 44.4 Å². The van der Waals surface area contributed by atoms with Crippen molar-refractivity contribution in [1.82, 2.24) is 13.7 Å². The molecule has 0 N–H and O–H groups in total. The number of oxazole rings is 1. The number of aromatic nitrogens is 2. The molecule has 1 atom stereocenters. The molecular formula is C25H25F3N4O3S. The molecule has 0 saturated heterocycles. The van der Waals surface area contributed by atoms with Crippen molar-refractivity contribution in [2.75, 3.05) is 11.4 Å². The molecule has 4 aromatic rings. The number of hydrogen-bond acceptors (Lipinski definition) is 5. The molecule has 2 aromatic carbocycles. The van der Waals surface area contributed by atoms with Gasteiger partial charge in [-0.1, -0.05) is 42.5 Å². The van der Waals surface area contributed by atoms with Crippen LogP contribution in [-0.4, -0.2) is 40.2 Å². The highest BCUT2D eigenvalue weighted by Gasteiger charge is 2.51. The van der Waals surface area contributed by atoms with Gasteiger partial charge in [-0.2, -0.15) is 22.5 Å². The quantitative estimate of drug-likeness (QED) is 0.363. The number of hydrogen-bond donors (Lipinski definition) is 0. The van der Waals surface area contributed by atoms with E-state index >= 15 is 0 Å². The zero-order valence-corrected chi connectivity index (χ0v) is 20.3. The van der Waals surface area contributed by atoms with E-state index in [9.17, 15) is 21.6 Å². The lowest BCUT2D eigenvalue weighted by Crippen LogP contribution is -2.47. The van der Waals surface area contributed by atoms with Crippen LogP contribution in [0, 0.1) is 6.92 Å². The normalized spacial score (nSPS) is 17.3. The molecule has 190 valence electrons. The van der Waals surface area contributed by atoms with Gasteiger partial charge in [0.25, 0.3) is 0 Å². The van der Waals surface area contributed by atoms with E-state index in [1.165, 1.54) is 6.26 Å². The van der Waals surface area contributed by atoms with Gasteiger partial charge < -0.3 is 9.32 Å². The Morgan fingerprint density at radius 3 is 2.61 bits per heavy atom. The van der Waals surface area contributed by atoms with E-state index in [0.717, 1.165) is 11.1 Å². The van der Waals surface area contributed by atoms with Crippen molar-refractivity contribution < 1.29 is 26.0 Å². The monoisotopic (exact) mass is 518 g/mol. The first-order valence-electron chi connectivity index (χ1n) is 11.5. The maximum atomic E-state index is 13.7. The molecule has 0 bridgehead atoms. The maximum absolute atomic E-state index is 13.7. The summed E-state index contributed by atoms with van der Waals surface area (Å²) < 4.78 is 73.9. The topological polar surface area (TPSA) is 71.1 Å². The van der Waals surface area contributed by atoms with Crippen LogP contribution in [0.25, 0.3) is 5.84 Å². The zero-order chi connectivity index (χ0) is 25.5. The Morgan fingerprint density at radius 2 is 1.89 bits per heavy atom. The molecule has 0 spiro atoms. The van der Waals surface area contributed by atoms with Crippen molar-refractivity contribution in [3.63, 3.8) is 0 Å². The predicted octanol–water partition coefficient (Wildman–Crippen LogP) is 4.91. The largest absolute Gasteiger partial charge is 0.511 e. The molecule has 11 heteroatoms. The second kappa shape index (κ2) is 9.29.